The first-order valence-electron chi connectivity index (χ1n) is 6.54. The summed E-state index contributed by atoms with van der Waals surface area (Å²) in [5.41, 5.74) is -1.31. The third-order valence-electron chi connectivity index (χ3n) is 3.85. The first-order valence-corrected chi connectivity index (χ1v) is 6.54. The van der Waals surface area contributed by atoms with E-state index >= 15 is 0 Å². The highest BCUT2D eigenvalue weighted by Crippen LogP contribution is 2.37. The number of alkyl halides is 2. The Morgan fingerprint density at radius 3 is 2.16 bits per heavy atom. The van der Waals surface area contributed by atoms with Crippen LogP contribution in [0, 0.1) is 5.92 Å². The molecule has 1 aliphatic rings. The maximum Gasteiger partial charge on any atom is 0.329 e. The topological polar surface area (TPSA) is 57.6 Å². The van der Waals surface area contributed by atoms with Crippen LogP contribution in [0.4, 0.5) is 8.78 Å². The zero-order valence-electron chi connectivity index (χ0n) is 11.6. The number of rotatable bonds is 4. The zero-order valence-corrected chi connectivity index (χ0v) is 11.6. The van der Waals surface area contributed by atoms with Gasteiger partial charge in [-0.05, 0) is 33.6 Å². The number of amides is 1. The van der Waals surface area contributed by atoms with Crippen LogP contribution in [-0.4, -0.2) is 39.9 Å². The Morgan fingerprint density at radius 2 is 1.79 bits per heavy atom. The number of carboxylic acid groups (broad SMARTS) is 1. The smallest absolute Gasteiger partial charge is 0.329 e. The fraction of sp³-hybridized carbons (Fsp3) is 0.846. The Morgan fingerprint density at radius 1 is 1.32 bits per heavy atom. The Balaban J connectivity index is 2.78. The van der Waals surface area contributed by atoms with Crippen molar-refractivity contribution in [3.05, 3.63) is 0 Å². The minimum Gasteiger partial charge on any atom is -0.480 e. The second-order valence-corrected chi connectivity index (χ2v) is 5.58. The fourth-order valence-electron chi connectivity index (χ4n) is 2.45. The van der Waals surface area contributed by atoms with Crippen molar-refractivity contribution < 1.29 is 23.5 Å². The summed E-state index contributed by atoms with van der Waals surface area (Å²) in [6.07, 6.45) is -0.348. The predicted molar refractivity (Wildman–Crippen MR) is 66.0 cm³/mol. The summed E-state index contributed by atoms with van der Waals surface area (Å²) >= 11 is 0. The minimum atomic E-state index is -2.68. The van der Waals surface area contributed by atoms with Crippen molar-refractivity contribution in [2.24, 2.45) is 5.92 Å². The minimum absolute atomic E-state index is 0.123. The summed E-state index contributed by atoms with van der Waals surface area (Å²) < 4.78 is 26.1. The van der Waals surface area contributed by atoms with Crippen molar-refractivity contribution in [2.45, 2.75) is 57.9 Å². The summed E-state index contributed by atoms with van der Waals surface area (Å²) in [5, 5.41) is 9.16. The van der Waals surface area contributed by atoms with Gasteiger partial charge in [0.25, 0.3) is 0 Å². The molecule has 1 saturated carbocycles. The number of likely N-dealkylation sites (N-methyl/N-ethyl adjacent to an activating group) is 1. The first-order chi connectivity index (χ1) is 8.62. The largest absolute Gasteiger partial charge is 0.480 e. The Bertz CT molecular complexity index is 359. The Kier molecular flexibility index (Phi) is 4.53. The Hall–Kier alpha value is -1.20. The molecular formula is C13H21F2NO3. The molecule has 0 saturated heterocycles. The highest BCUT2D eigenvalue weighted by Gasteiger charge is 2.43. The van der Waals surface area contributed by atoms with E-state index in [0.717, 1.165) is 0 Å². The van der Waals surface area contributed by atoms with Crippen molar-refractivity contribution in [2.75, 3.05) is 6.54 Å². The van der Waals surface area contributed by atoms with Crippen LogP contribution < -0.4 is 0 Å². The normalized spacial score (nSPS) is 20.1. The van der Waals surface area contributed by atoms with Gasteiger partial charge in [0.2, 0.25) is 11.8 Å². The maximum atomic E-state index is 13.1. The van der Waals surface area contributed by atoms with E-state index in [9.17, 15) is 18.4 Å². The van der Waals surface area contributed by atoms with Gasteiger partial charge >= 0.3 is 5.97 Å². The number of hydrogen-bond acceptors (Lipinski definition) is 2. The van der Waals surface area contributed by atoms with Gasteiger partial charge in [-0.15, -0.1) is 0 Å². The van der Waals surface area contributed by atoms with Crippen LogP contribution in [0.15, 0.2) is 0 Å². The number of halogens is 2. The maximum absolute atomic E-state index is 13.1. The molecule has 0 radical (unpaired) electrons. The lowest BCUT2D eigenvalue weighted by atomic mass is 9.85. The highest BCUT2D eigenvalue weighted by atomic mass is 19.3. The van der Waals surface area contributed by atoms with Gasteiger partial charge in [-0.2, -0.15) is 0 Å². The van der Waals surface area contributed by atoms with Gasteiger partial charge in [0.1, 0.15) is 5.54 Å². The van der Waals surface area contributed by atoms with E-state index in [1.54, 1.807) is 6.92 Å². The van der Waals surface area contributed by atoms with E-state index in [1.807, 2.05) is 0 Å². The standard InChI is InChI=1S/C13H21F2NO3/c1-4-16(12(2,3)11(18)19)10(17)9-5-7-13(14,15)8-6-9/h9H,4-8H2,1-3H3,(H,18,19). The monoisotopic (exact) mass is 277 g/mol. The number of aliphatic carboxylic acids is 1. The molecule has 0 aromatic rings. The molecule has 1 rings (SSSR count). The summed E-state index contributed by atoms with van der Waals surface area (Å²) in [6.45, 7) is 4.85. The SMILES string of the molecule is CCN(C(=O)C1CCC(F)(F)CC1)C(C)(C)C(=O)O. The van der Waals surface area contributed by atoms with Crippen molar-refractivity contribution in [1.82, 2.24) is 4.90 Å². The fourth-order valence-corrected chi connectivity index (χ4v) is 2.45. The van der Waals surface area contributed by atoms with Crippen molar-refractivity contribution in [1.29, 1.82) is 0 Å². The number of hydrogen-bond donors (Lipinski definition) is 1. The van der Waals surface area contributed by atoms with Gasteiger partial charge < -0.3 is 10.0 Å². The molecule has 0 unspecified atom stereocenters. The summed E-state index contributed by atoms with van der Waals surface area (Å²) in [6, 6.07) is 0. The van der Waals surface area contributed by atoms with Crippen LogP contribution >= 0.6 is 0 Å². The number of nitrogens with zero attached hydrogens (tertiary/aromatic N) is 1. The molecule has 0 heterocycles. The van der Waals surface area contributed by atoms with Crippen molar-refractivity contribution in [3.8, 4) is 0 Å². The molecule has 4 nitrogen and oxygen atoms in total. The van der Waals surface area contributed by atoms with Crippen molar-refractivity contribution in [3.63, 3.8) is 0 Å². The van der Waals surface area contributed by atoms with Gasteiger partial charge in [0.05, 0.1) is 0 Å². The van der Waals surface area contributed by atoms with Crippen LogP contribution in [0.25, 0.3) is 0 Å². The van der Waals surface area contributed by atoms with Crippen LogP contribution in [0.2, 0.25) is 0 Å². The lowest BCUT2D eigenvalue weighted by Crippen LogP contribution is -2.55. The van der Waals surface area contributed by atoms with Crippen LogP contribution in [0.1, 0.15) is 46.5 Å². The van der Waals surface area contributed by atoms with E-state index in [1.165, 1.54) is 18.7 Å². The van der Waals surface area contributed by atoms with Gasteiger partial charge in [-0.3, -0.25) is 4.79 Å². The molecule has 19 heavy (non-hydrogen) atoms. The molecule has 0 spiro atoms. The first kappa shape index (κ1) is 15.9. The van der Waals surface area contributed by atoms with Crippen LogP contribution in [0.3, 0.4) is 0 Å². The molecule has 0 aromatic carbocycles. The molecule has 0 atom stereocenters. The average Bonchev–Trinajstić information content (AvgIpc) is 2.28. The van der Waals surface area contributed by atoms with E-state index < -0.39 is 23.3 Å². The molecule has 1 amide bonds. The highest BCUT2D eigenvalue weighted by molar-refractivity contribution is 5.87. The van der Waals surface area contributed by atoms with E-state index in [-0.39, 0.29) is 38.1 Å². The summed E-state index contributed by atoms with van der Waals surface area (Å²) in [4.78, 5) is 24.8. The quantitative estimate of drug-likeness (QED) is 0.859. The van der Waals surface area contributed by atoms with Crippen molar-refractivity contribution >= 4 is 11.9 Å². The third kappa shape index (κ3) is 3.42. The van der Waals surface area contributed by atoms with Gasteiger partial charge in [0, 0.05) is 25.3 Å². The average molecular weight is 277 g/mol. The second-order valence-electron chi connectivity index (χ2n) is 5.58. The predicted octanol–water partition coefficient (Wildman–Crippen LogP) is 2.52. The summed E-state index contributed by atoms with van der Waals surface area (Å²) in [7, 11) is 0. The zero-order chi connectivity index (χ0) is 14.8. The molecule has 1 fully saturated rings. The number of carbonyl (C=O) groups is 2. The molecule has 0 bridgehead atoms. The molecule has 0 aliphatic heterocycles. The van der Waals surface area contributed by atoms with Crippen LogP contribution in [-0.2, 0) is 9.59 Å². The lowest BCUT2D eigenvalue weighted by Gasteiger charge is -2.38. The molecule has 6 heteroatoms. The molecule has 1 N–H and O–H groups in total. The van der Waals surface area contributed by atoms with Gasteiger partial charge in [-0.1, -0.05) is 0 Å². The molecule has 110 valence electrons. The van der Waals surface area contributed by atoms with Gasteiger partial charge in [0.15, 0.2) is 0 Å². The Labute approximate surface area is 111 Å². The molecule has 0 aromatic heterocycles. The van der Waals surface area contributed by atoms with E-state index in [4.69, 9.17) is 5.11 Å². The van der Waals surface area contributed by atoms with Crippen LogP contribution in [0.5, 0.6) is 0 Å². The summed E-state index contributed by atoms with van der Waals surface area (Å²) in [5.74, 6) is -4.59. The number of carboxylic acids is 1. The van der Waals surface area contributed by atoms with E-state index in [0.29, 0.717) is 0 Å². The second kappa shape index (κ2) is 5.43. The van der Waals surface area contributed by atoms with E-state index in [2.05, 4.69) is 0 Å². The lowest BCUT2D eigenvalue weighted by molar-refractivity contribution is -0.160. The van der Waals surface area contributed by atoms with Gasteiger partial charge in [-0.25, -0.2) is 13.6 Å². The molecule has 1 aliphatic carbocycles. The third-order valence-corrected chi connectivity index (χ3v) is 3.85. The number of carbonyl (C=O) groups excluding carboxylic acids is 1. The molecular weight excluding hydrogens is 256 g/mol.